The van der Waals surface area contributed by atoms with E-state index in [9.17, 15) is 0 Å². The van der Waals surface area contributed by atoms with E-state index in [1.165, 1.54) is 16.0 Å². The van der Waals surface area contributed by atoms with Gasteiger partial charge in [0.05, 0.1) is 10.0 Å². The molecule has 0 heterocycles. The molecule has 0 radical (unpaired) electrons. The Morgan fingerprint density at radius 3 is 2.53 bits per heavy atom. The highest BCUT2D eigenvalue weighted by Gasteiger charge is 2.06. The largest absolute Gasteiger partial charge is 0.316 e. The maximum Gasteiger partial charge on any atom is 0.0603 e. The lowest BCUT2D eigenvalue weighted by atomic mass is 10.1. The van der Waals surface area contributed by atoms with E-state index in [2.05, 4.69) is 30.4 Å². The quantitative estimate of drug-likeness (QED) is 0.835. The number of halogens is 2. The minimum atomic E-state index is 0.588. The number of hydrogen-bond donors (Lipinski definition) is 1. The zero-order chi connectivity index (χ0) is 13.8. The van der Waals surface area contributed by atoms with Gasteiger partial charge in [-0.1, -0.05) is 52.7 Å². The zero-order valence-electron chi connectivity index (χ0n) is 10.8. The molecule has 0 bridgehead atoms. The molecule has 0 saturated heterocycles. The van der Waals surface area contributed by atoms with Crippen LogP contribution < -0.4 is 5.32 Å². The summed E-state index contributed by atoms with van der Waals surface area (Å²) in [5, 5.41) is 4.38. The maximum atomic E-state index is 6.05. The van der Waals surface area contributed by atoms with Crippen LogP contribution in [0.2, 0.25) is 10.0 Å². The van der Waals surface area contributed by atoms with E-state index >= 15 is 0 Å². The third-order valence-electron chi connectivity index (χ3n) is 2.70. The van der Waals surface area contributed by atoms with Crippen molar-refractivity contribution in [3.05, 3.63) is 57.6 Å². The molecule has 1 N–H and O–H groups in total. The lowest BCUT2D eigenvalue weighted by Crippen LogP contribution is -2.06. The molecule has 0 aliphatic heterocycles. The molecular formula is C15H15Cl2NS. The number of aryl methyl sites for hydroxylation is 1. The molecule has 4 heteroatoms. The van der Waals surface area contributed by atoms with Crippen LogP contribution in [0.3, 0.4) is 0 Å². The van der Waals surface area contributed by atoms with Gasteiger partial charge in [0.1, 0.15) is 0 Å². The van der Waals surface area contributed by atoms with Crippen LogP contribution in [0.15, 0.2) is 46.2 Å². The molecule has 2 aromatic rings. The Morgan fingerprint density at radius 2 is 1.84 bits per heavy atom. The van der Waals surface area contributed by atoms with Crippen LogP contribution in [0.1, 0.15) is 11.1 Å². The summed E-state index contributed by atoms with van der Waals surface area (Å²) in [5.74, 6) is 0. The second-order valence-corrected chi connectivity index (χ2v) is 6.25. The Hall–Kier alpha value is -0.670. The number of hydrogen-bond acceptors (Lipinski definition) is 2. The van der Waals surface area contributed by atoms with Crippen molar-refractivity contribution >= 4 is 35.0 Å². The topological polar surface area (TPSA) is 12.0 Å². The molecule has 0 spiro atoms. The van der Waals surface area contributed by atoms with Crippen molar-refractivity contribution in [2.75, 3.05) is 7.05 Å². The first-order valence-electron chi connectivity index (χ1n) is 5.97. The highest BCUT2D eigenvalue weighted by molar-refractivity contribution is 7.99. The Balaban J connectivity index is 2.29. The summed E-state index contributed by atoms with van der Waals surface area (Å²) in [6, 6.07) is 12.2. The van der Waals surface area contributed by atoms with Crippen molar-refractivity contribution in [2.24, 2.45) is 0 Å². The van der Waals surface area contributed by atoms with Crippen molar-refractivity contribution in [1.82, 2.24) is 5.32 Å². The molecule has 2 rings (SSSR count). The number of benzene rings is 2. The molecule has 19 heavy (non-hydrogen) atoms. The highest BCUT2D eigenvalue weighted by atomic mass is 35.5. The van der Waals surface area contributed by atoms with Gasteiger partial charge in [0.25, 0.3) is 0 Å². The molecular weight excluding hydrogens is 297 g/mol. The predicted octanol–water partition coefficient (Wildman–Crippen LogP) is 5.17. The number of nitrogens with one attached hydrogen (secondary N) is 1. The summed E-state index contributed by atoms with van der Waals surface area (Å²) in [6.45, 7) is 2.96. The minimum Gasteiger partial charge on any atom is -0.316 e. The van der Waals surface area contributed by atoms with Gasteiger partial charge < -0.3 is 5.32 Å². The van der Waals surface area contributed by atoms with Crippen molar-refractivity contribution in [3.8, 4) is 0 Å². The summed E-state index contributed by atoms with van der Waals surface area (Å²) >= 11 is 13.7. The predicted molar refractivity (Wildman–Crippen MR) is 84.5 cm³/mol. The minimum absolute atomic E-state index is 0.588. The first-order valence-corrected chi connectivity index (χ1v) is 7.54. The summed E-state index contributed by atoms with van der Waals surface area (Å²) < 4.78 is 0. The molecule has 100 valence electrons. The fourth-order valence-electron chi connectivity index (χ4n) is 1.80. The van der Waals surface area contributed by atoms with Crippen LogP contribution >= 0.6 is 35.0 Å². The van der Waals surface area contributed by atoms with Gasteiger partial charge in [0.15, 0.2) is 0 Å². The third kappa shape index (κ3) is 3.90. The smallest absolute Gasteiger partial charge is 0.0603 e. The molecule has 0 aromatic heterocycles. The highest BCUT2D eigenvalue weighted by Crippen LogP contribution is 2.34. The van der Waals surface area contributed by atoms with Crippen LogP contribution in [0.25, 0.3) is 0 Å². The van der Waals surface area contributed by atoms with Crippen LogP contribution in [-0.2, 0) is 6.54 Å². The number of rotatable bonds is 4. The second-order valence-electron chi connectivity index (χ2n) is 4.32. The van der Waals surface area contributed by atoms with Crippen molar-refractivity contribution in [3.63, 3.8) is 0 Å². The molecule has 0 amide bonds. The summed E-state index contributed by atoms with van der Waals surface area (Å²) in [4.78, 5) is 2.33. The van der Waals surface area contributed by atoms with E-state index in [0.29, 0.717) is 10.0 Å². The summed E-state index contributed by atoms with van der Waals surface area (Å²) in [6.07, 6.45) is 0. The van der Waals surface area contributed by atoms with Gasteiger partial charge in [-0.3, -0.25) is 0 Å². The molecule has 0 aliphatic carbocycles. The Labute approximate surface area is 128 Å². The average Bonchev–Trinajstić information content (AvgIpc) is 2.37. The van der Waals surface area contributed by atoms with Crippen LogP contribution in [0.4, 0.5) is 0 Å². The van der Waals surface area contributed by atoms with Gasteiger partial charge in [0.2, 0.25) is 0 Å². The van der Waals surface area contributed by atoms with E-state index in [-0.39, 0.29) is 0 Å². The fraction of sp³-hybridized carbons (Fsp3) is 0.200. The van der Waals surface area contributed by atoms with Crippen LogP contribution in [-0.4, -0.2) is 7.05 Å². The normalized spacial score (nSPS) is 10.7. The monoisotopic (exact) mass is 311 g/mol. The van der Waals surface area contributed by atoms with E-state index in [0.717, 1.165) is 11.4 Å². The summed E-state index contributed by atoms with van der Waals surface area (Å²) in [7, 11) is 1.95. The van der Waals surface area contributed by atoms with Crippen LogP contribution in [0, 0.1) is 6.92 Å². The standard InChI is InChI=1S/C15H15Cl2NS/c1-10-3-6-15(11(7-10)9-18-2)19-12-4-5-13(16)14(17)8-12/h3-8,18H,9H2,1-2H3. The molecule has 0 unspecified atom stereocenters. The van der Waals surface area contributed by atoms with Crippen molar-refractivity contribution < 1.29 is 0 Å². The average molecular weight is 312 g/mol. The van der Waals surface area contributed by atoms with Gasteiger partial charge in [0, 0.05) is 16.3 Å². The summed E-state index contributed by atoms with van der Waals surface area (Å²) in [5.41, 5.74) is 2.56. The van der Waals surface area contributed by atoms with Gasteiger partial charge in [-0.15, -0.1) is 0 Å². The van der Waals surface area contributed by atoms with E-state index in [4.69, 9.17) is 23.2 Å². The first kappa shape index (κ1) is 14.7. The van der Waals surface area contributed by atoms with E-state index in [1.54, 1.807) is 11.8 Å². The van der Waals surface area contributed by atoms with E-state index in [1.807, 2.05) is 25.2 Å². The third-order valence-corrected chi connectivity index (χ3v) is 4.55. The molecule has 0 aliphatic rings. The lowest BCUT2D eigenvalue weighted by molar-refractivity contribution is 0.802. The zero-order valence-corrected chi connectivity index (χ0v) is 13.2. The second kappa shape index (κ2) is 6.67. The Bertz CT molecular complexity index is 584. The lowest BCUT2D eigenvalue weighted by Gasteiger charge is -2.10. The van der Waals surface area contributed by atoms with Crippen molar-refractivity contribution in [2.45, 2.75) is 23.3 Å². The SMILES string of the molecule is CNCc1cc(C)ccc1Sc1ccc(Cl)c(Cl)c1. The van der Waals surface area contributed by atoms with E-state index < -0.39 is 0 Å². The Kier molecular flexibility index (Phi) is 5.17. The molecule has 0 saturated carbocycles. The molecule has 0 fully saturated rings. The maximum absolute atomic E-state index is 6.05. The van der Waals surface area contributed by atoms with Crippen molar-refractivity contribution in [1.29, 1.82) is 0 Å². The van der Waals surface area contributed by atoms with Gasteiger partial charge in [-0.05, 0) is 43.8 Å². The van der Waals surface area contributed by atoms with Gasteiger partial charge in [-0.2, -0.15) is 0 Å². The molecule has 2 aromatic carbocycles. The molecule has 1 nitrogen and oxygen atoms in total. The first-order chi connectivity index (χ1) is 9.10. The van der Waals surface area contributed by atoms with Gasteiger partial charge >= 0.3 is 0 Å². The van der Waals surface area contributed by atoms with Crippen LogP contribution in [0.5, 0.6) is 0 Å². The molecule has 0 atom stereocenters. The van der Waals surface area contributed by atoms with Gasteiger partial charge in [-0.25, -0.2) is 0 Å². The Morgan fingerprint density at radius 1 is 1.05 bits per heavy atom. The fourth-order valence-corrected chi connectivity index (χ4v) is 3.13.